The molecule has 0 aromatic heterocycles. The lowest BCUT2D eigenvalue weighted by atomic mass is 10.2. The standard InChI is InChI=1S/C11H17NO4S/c1-9-8-10(4-5-11(9)13)12-17(14,15)7-3-6-16-2/h4-5,8,12-13H,3,6-7H2,1-2H3. The first-order valence-corrected chi connectivity index (χ1v) is 6.89. The molecule has 6 heteroatoms. The number of ether oxygens (including phenoxy) is 1. The van der Waals surface area contributed by atoms with Gasteiger partial charge in [-0.15, -0.1) is 0 Å². The van der Waals surface area contributed by atoms with Crippen LogP contribution in [0.4, 0.5) is 5.69 Å². The van der Waals surface area contributed by atoms with Crippen molar-refractivity contribution in [2.75, 3.05) is 24.2 Å². The van der Waals surface area contributed by atoms with E-state index in [4.69, 9.17) is 4.74 Å². The Morgan fingerprint density at radius 3 is 2.71 bits per heavy atom. The Morgan fingerprint density at radius 1 is 1.41 bits per heavy atom. The van der Waals surface area contributed by atoms with Gasteiger partial charge in [0.25, 0.3) is 0 Å². The van der Waals surface area contributed by atoms with Crippen LogP contribution in [0.1, 0.15) is 12.0 Å². The van der Waals surface area contributed by atoms with Crippen molar-refractivity contribution in [3.05, 3.63) is 23.8 Å². The smallest absolute Gasteiger partial charge is 0.232 e. The van der Waals surface area contributed by atoms with Crippen LogP contribution < -0.4 is 4.72 Å². The van der Waals surface area contributed by atoms with Crippen molar-refractivity contribution < 1.29 is 18.3 Å². The summed E-state index contributed by atoms with van der Waals surface area (Å²) < 4.78 is 30.5. The van der Waals surface area contributed by atoms with E-state index in [0.717, 1.165) is 0 Å². The SMILES string of the molecule is COCCCS(=O)(=O)Nc1ccc(O)c(C)c1. The summed E-state index contributed by atoms with van der Waals surface area (Å²) >= 11 is 0. The molecule has 0 spiro atoms. The summed E-state index contributed by atoms with van der Waals surface area (Å²) in [5.74, 6) is 0.160. The third-order valence-electron chi connectivity index (χ3n) is 2.23. The first kappa shape index (κ1) is 13.8. The summed E-state index contributed by atoms with van der Waals surface area (Å²) in [6.45, 7) is 2.12. The Balaban J connectivity index is 2.66. The van der Waals surface area contributed by atoms with Crippen LogP contribution in [0, 0.1) is 6.92 Å². The number of anilines is 1. The molecular weight excluding hydrogens is 242 g/mol. The predicted octanol–water partition coefficient (Wildman–Crippen LogP) is 1.48. The second-order valence-electron chi connectivity index (χ2n) is 3.77. The van der Waals surface area contributed by atoms with Gasteiger partial charge in [-0.3, -0.25) is 4.72 Å². The van der Waals surface area contributed by atoms with E-state index in [1.54, 1.807) is 13.0 Å². The van der Waals surface area contributed by atoms with Gasteiger partial charge < -0.3 is 9.84 Å². The van der Waals surface area contributed by atoms with E-state index in [2.05, 4.69) is 4.72 Å². The highest BCUT2D eigenvalue weighted by molar-refractivity contribution is 7.92. The van der Waals surface area contributed by atoms with Crippen LogP contribution in [-0.2, 0) is 14.8 Å². The molecule has 17 heavy (non-hydrogen) atoms. The number of rotatable bonds is 6. The lowest BCUT2D eigenvalue weighted by Crippen LogP contribution is -2.17. The molecule has 96 valence electrons. The normalized spacial score (nSPS) is 11.4. The minimum Gasteiger partial charge on any atom is -0.508 e. The third kappa shape index (κ3) is 4.62. The molecule has 0 atom stereocenters. The van der Waals surface area contributed by atoms with Crippen LogP contribution in [0.15, 0.2) is 18.2 Å². The fourth-order valence-corrected chi connectivity index (χ4v) is 2.43. The van der Waals surface area contributed by atoms with Gasteiger partial charge in [0.2, 0.25) is 10.0 Å². The highest BCUT2D eigenvalue weighted by Gasteiger charge is 2.10. The number of hydrogen-bond donors (Lipinski definition) is 2. The second-order valence-corrected chi connectivity index (χ2v) is 5.61. The molecule has 5 nitrogen and oxygen atoms in total. The van der Waals surface area contributed by atoms with Gasteiger partial charge in [0.05, 0.1) is 5.75 Å². The first-order valence-electron chi connectivity index (χ1n) is 5.23. The zero-order valence-corrected chi connectivity index (χ0v) is 10.8. The Kier molecular flexibility index (Phi) is 4.77. The van der Waals surface area contributed by atoms with Gasteiger partial charge in [0.15, 0.2) is 0 Å². The van der Waals surface area contributed by atoms with Gasteiger partial charge in [-0.05, 0) is 37.1 Å². The van der Waals surface area contributed by atoms with Crippen molar-refractivity contribution in [3.8, 4) is 5.75 Å². The van der Waals surface area contributed by atoms with E-state index >= 15 is 0 Å². The lowest BCUT2D eigenvalue weighted by Gasteiger charge is -2.09. The maximum absolute atomic E-state index is 11.6. The molecule has 1 aromatic rings. The highest BCUT2D eigenvalue weighted by atomic mass is 32.2. The number of nitrogens with one attached hydrogen (secondary N) is 1. The lowest BCUT2D eigenvalue weighted by molar-refractivity contribution is 0.199. The molecule has 0 unspecified atom stereocenters. The van der Waals surface area contributed by atoms with Crippen molar-refractivity contribution in [2.24, 2.45) is 0 Å². The van der Waals surface area contributed by atoms with Gasteiger partial charge in [-0.2, -0.15) is 0 Å². The largest absolute Gasteiger partial charge is 0.508 e. The topological polar surface area (TPSA) is 75.6 Å². The zero-order valence-electron chi connectivity index (χ0n) is 9.93. The maximum atomic E-state index is 11.6. The number of aryl methyl sites for hydroxylation is 1. The van der Waals surface area contributed by atoms with Gasteiger partial charge in [0.1, 0.15) is 5.75 Å². The molecule has 1 rings (SSSR count). The van der Waals surface area contributed by atoms with Crippen LogP contribution in [-0.4, -0.2) is 33.0 Å². The Morgan fingerprint density at radius 2 is 2.12 bits per heavy atom. The highest BCUT2D eigenvalue weighted by Crippen LogP contribution is 2.20. The molecule has 0 aliphatic rings. The number of hydrogen-bond acceptors (Lipinski definition) is 4. The number of phenolic OH excluding ortho intramolecular Hbond substituents is 1. The predicted molar refractivity (Wildman–Crippen MR) is 66.7 cm³/mol. The molecule has 0 fully saturated rings. The van der Waals surface area contributed by atoms with Crippen molar-refractivity contribution in [1.29, 1.82) is 0 Å². The third-order valence-corrected chi connectivity index (χ3v) is 3.60. The molecule has 0 heterocycles. The molecule has 0 saturated heterocycles. The van der Waals surface area contributed by atoms with E-state index in [-0.39, 0.29) is 11.5 Å². The second kappa shape index (κ2) is 5.88. The molecule has 0 radical (unpaired) electrons. The van der Waals surface area contributed by atoms with Crippen molar-refractivity contribution in [3.63, 3.8) is 0 Å². The van der Waals surface area contributed by atoms with Crippen LogP contribution in [0.3, 0.4) is 0 Å². The Hall–Kier alpha value is -1.27. The molecule has 2 N–H and O–H groups in total. The van der Waals surface area contributed by atoms with Gasteiger partial charge in [-0.1, -0.05) is 0 Å². The summed E-state index contributed by atoms with van der Waals surface area (Å²) in [4.78, 5) is 0. The molecular formula is C11H17NO4S. The number of sulfonamides is 1. The quantitative estimate of drug-likeness (QED) is 0.599. The average Bonchev–Trinajstić information content (AvgIpc) is 2.23. The number of methoxy groups -OCH3 is 1. The Labute approximate surface area is 101 Å². The molecule has 0 aliphatic carbocycles. The van der Waals surface area contributed by atoms with Crippen LogP contribution in [0.25, 0.3) is 0 Å². The summed E-state index contributed by atoms with van der Waals surface area (Å²) in [6, 6.07) is 4.57. The number of aromatic hydroxyl groups is 1. The minimum atomic E-state index is -3.35. The summed E-state index contributed by atoms with van der Waals surface area (Å²) in [5.41, 5.74) is 1.08. The molecule has 0 bridgehead atoms. The monoisotopic (exact) mass is 259 g/mol. The molecule has 0 aliphatic heterocycles. The number of benzene rings is 1. The van der Waals surface area contributed by atoms with Gasteiger partial charge in [0, 0.05) is 19.4 Å². The summed E-state index contributed by atoms with van der Waals surface area (Å²) in [5, 5.41) is 9.32. The maximum Gasteiger partial charge on any atom is 0.232 e. The number of phenols is 1. The van der Waals surface area contributed by atoms with E-state index in [9.17, 15) is 13.5 Å². The zero-order chi connectivity index (χ0) is 12.9. The molecule has 0 saturated carbocycles. The van der Waals surface area contributed by atoms with E-state index in [0.29, 0.717) is 24.3 Å². The Bertz CT molecular complexity index is 470. The van der Waals surface area contributed by atoms with E-state index in [1.165, 1.54) is 19.2 Å². The van der Waals surface area contributed by atoms with E-state index in [1.807, 2.05) is 0 Å². The summed E-state index contributed by atoms with van der Waals surface area (Å²) in [6.07, 6.45) is 0.447. The average molecular weight is 259 g/mol. The van der Waals surface area contributed by atoms with E-state index < -0.39 is 10.0 Å². The van der Waals surface area contributed by atoms with Crippen molar-refractivity contribution in [1.82, 2.24) is 0 Å². The summed E-state index contributed by atoms with van der Waals surface area (Å²) in [7, 11) is -1.82. The van der Waals surface area contributed by atoms with Crippen LogP contribution >= 0.6 is 0 Å². The first-order chi connectivity index (χ1) is 7.94. The van der Waals surface area contributed by atoms with Crippen LogP contribution in [0.2, 0.25) is 0 Å². The van der Waals surface area contributed by atoms with Crippen molar-refractivity contribution >= 4 is 15.7 Å². The minimum absolute atomic E-state index is 0.0146. The molecule has 0 amide bonds. The van der Waals surface area contributed by atoms with Gasteiger partial charge >= 0.3 is 0 Å². The molecule has 1 aromatic carbocycles. The van der Waals surface area contributed by atoms with Crippen molar-refractivity contribution in [2.45, 2.75) is 13.3 Å². The fourth-order valence-electron chi connectivity index (χ4n) is 1.34. The van der Waals surface area contributed by atoms with Crippen LogP contribution in [0.5, 0.6) is 5.75 Å². The fraction of sp³-hybridized carbons (Fsp3) is 0.455. The van der Waals surface area contributed by atoms with Gasteiger partial charge in [-0.25, -0.2) is 8.42 Å².